The van der Waals surface area contributed by atoms with Gasteiger partial charge in [0.05, 0.1) is 18.2 Å². The Hall–Kier alpha value is -2.87. The lowest BCUT2D eigenvalue weighted by Crippen LogP contribution is -2.51. The van der Waals surface area contributed by atoms with Crippen LogP contribution in [0.3, 0.4) is 0 Å². The Bertz CT molecular complexity index is 1030. The topological polar surface area (TPSA) is 82.2 Å². The minimum Gasteiger partial charge on any atom is -0.463 e. The fourth-order valence-corrected chi connectivity index (χ4v) is 5.44. The molecule has 0 radical (unpaired) electrons. The largest absolute Gasteiger partial charge is 0.463 e. The van der Waals surface area contributed by atoms with E-state index in [0.717, 1.165) is 55.5 Å². The molecule has 1 aliphatic carbocycles. The summed E-state index contributed by atoms with van der Waals surface area (Å²) in [5.74, 6) is 0.0934. The van der Waals surface area contributed by atoms with E-state index in [1.165, 1.54) is 0 Å². The van der Waals surface area contributed by atoms with Crippen LogP contribution in [0.2, 0.25) is 0 Å². The van der Waals surface area contributed by atoms with Gasteiger partial charge >= 0.3 is 12.0 Å². The van der Waals surface area contributed by atoms with Crippen molar-refractivity contribution in [3.63, 3.8) is 0 Å². The first kappa shape index (κ1) is 26.2. The van der Waals surface area contributed by atoms with Gasteiger partial charge in [0.2, 0.25) is 5.91 Å². The summed E-state index contributed by atoms with van der Waals surface area (Å²) in [4.78, 5) is 45.4. The maximum atomic E-state index is 13.4. The number of ether oxygens (including phenoxy) is 1. The van der Waals surface area contributed by atoms with E-state index in [1.54, 1.807) is 11.8 Å². The van der Waals surface area contributed by atoms with Crippen molar-refractivity contribution in [3.05, 3.63) is 46.2 Å². The third kappa shape index (κ3) is 5.43. The average molecular weight is 497 g/mol. The van der Waals surface area contributed by atoms with Crippen LogP contribution < -0.4 is 5.32 Å². The molecule has 0 spiro atoms. The summed E-state index contributed by atoms with van der Waals surface area (Å²) in [5, 5.41) is 3.07. The van der Waals surface area contributed by atoms with Gasteiger partial charge in [-0.2, -0.15) is 0 Å². The number of benzene rings is 1. The molecule has 2 fully saturated rings. The smallest absolute Gasteiger partial charge is 0.338 e. The lowest BCUT2D eigenvalue weighted by atomic mass is 9.84. The predicted molar refractivity (Wildman–Crippen MR) is 138 cm³/mol. The van der Waals surface area contributed by atoms with Gasteiger partial charge in [-0.05, 0) is 58.1 Å². The SMILES string of the molecule is CCOC(=O)C1=C(CN2CCCN(C(=O)C3CCC3)CC2)N(CC)C(=O)N[C@H]1c1cc(C)ccc1C. The zero-order chi connectivity index (χ0) is 25.8. The molecule has 0 unspecified atom stereocenters. The lowest BCUT2D eigenvalue weighted by Gasteiger charge is -2.38. The molecule has 36 heavy (non-hydrogen) atoms. The van der Waals surface area contributed by atoms with E-state index in [4.69, 9.17) is 4.74 Å². The molecule has 1 saturated heterocycles. The van der Waals surface area contributed by atoms with Crippen molar-refractivity contribution in [2.75, 3.05) is 45.9 Å². The van der Waals surface area contributed by atoms with Gasteiger partial charge < -0.3 is 15.0 Å². The first-order valence-electron chi connectivity index (χ1n) is 13.4. The molecule has 8 heteroatoms. The Morgan fingerprint density at radius 3 is 2.50 bits per heavy atom. The van der Waals surface area contributed by atoms with Gasteiger partial charge in [0, 0.05) is 50.9 Å². The summed E-state index contributed by atoms with van der Waals surface area (Å²) in [6.07, 6.45) is 4.04. The van der Waals surface area contributed by atoms with Crippen LogP contribution in [0.4, 0.5) is 4.79 Å². The molecular weight excluding hydrogens is 456 g/mol. The van der Waals surface area contributed by atoms with Crippen molar-refractivity contribution in [1.29, 1.82) is 0 Å². The average Bonchev–Trinajstić information content (AvgIpc) is 3.05. The molecular formula is C28H40N4O4. The third-order valence-electron chi connectivity index (χ3n) is 7.72. The third-order valence-corrected chi connectivity index (χ3v) is 7.72. The summed E-state index contributed by atoms with van der Waals surface area (Å²) in [5.41, 5.74) is 4.18. The molecule has 0 bridgehead atoms. The fraction of sp³-hybridized carbons (Fsp3) is 0.607. The monoisotopic (exact) mass is 496 g/mol. The number of carbonyl (C=O) groups is 3. The minimum absolute atomic E-state index is 0.200. The summed E-state index contributed by atoms with van der Waals surface area (Å²) in [6.45, 7) is 11.9. The molecule has 2 heterocycles. The highest BCUT2D eigenvalue weighted by Crippen LogP contribution is 2.34. The molecule has 2 aliphatic heterocycles. The van der Waals surface area contributed by atoms with Crippen molar-refractivity contribution < 1.29 is 19.1 Å². The zero-order valence-corrected chi connectivity index (χ0v) is 22.1. The Morgan fingerprint density at radius 2 is 1.83 bits per heavy atom. The highest BCUT2D eigenvalue weighted by atomic mass is 16.5. The van der Waals surface area contributed by atoms with E-state index in [9.17, 15) is 14.4 Å². The molecule has 1 N–H and O–H groups in total. The van der Waals surface area contributed by atoms with Crippen LogP contribution in [0, 0.1) is 19.8 Å². The summed E-state index contributed by atoms with van der Waals surface area (Å²) < 4.78 is 5.52. The van der Waals surface area contributed by atoms with E-state index in [2.05, 4.69) is 10.2 Å². The van der Waals surface area contributed by atoms with Crippen LogP contribution in [-0.2, 0) is 14.3 Å². The van der Waals surface area contributed by atoms with Crippen LogP contribution in [0.15, 0.2) is 29.5 Å². The maximum absolute atomic E-state index is 13.4. The Labute approximate surface area is 214 Å². The Morgan fingerprint density at radius 1 is 1.06 bits per heavy atom. The second kappa shape index (κ2) is 11.5. The highest BCUT2D eigenvalue weighted by Gasteiger charge is 2.39. The van der Waals surface area contributed by atoms with Crippen LogP contribution in [0.1, 0.15) is 62.3 Å². The van der Waals surface area contributed by atoms with Crippen molar-refractivity contribution in [1.82, 2.24) is 20.0 Å². The van der Waals surface area contributed by atoms with Crippen molar-refractivity contribution >= 4 is 17.9 Å². The van der Waals surface area contributed by atoms with Crippen molar-refractivity contribution in [2.45, 2.75) is 59.4 Å². The lowest BCUT2D eigenvalue weighted by molar-refractivity contribution is -0.139. The van der Waals surface area contributed by atoms with E-state index in [-0.39, 0.29) is 24.5 Å². The number of esters is 1. The quantitative estimate of drug-likeness (QED) is 0.584. The Kier molecular flexibility index (Phi) is 8.34. The molecule has 0 aromatic heterocycles. The van der Waals surface area contributed by atoms with Gasteiger partial charge in [0.15, 0.2) is 0 Å². The number of likely N-dealkylation sites (N-methyl/N-ethyl adjacent to an activating group) is 1. The Balaban J connectivity index is 1.66. The first-order valence-corrected chi connectivity index (χ1v) is 13.4. The minimum atomic E-state index is -0.571. The molecule has 1 aromatic rings. The molecule has 3 amide bonds. The van der Waals surface area contributed by atoms with Gasteiger partial charge in [0.1, 0.15) is 0 Å². The molecule has 3 aliphatic rings. The molecule has 4 rings (SSSR count). The van der Waals surface area contributed by atoms with E-state index >= 15 is 0 Å². The van der Waals surface area contributed by atoms with Crippen molar-refractivity contribution in [2.24, 2.45) is 5.92 Å². The van der Waals surface area contributed by atoms with Gasteiger partial charge in [-0.1, -0.05) is 30.2 Å². The fourth-order valence-electron chi connectivity index (χ4n) is 5.44. The van der Waals surface area contributed by atoms with Gasteiger partial charge in [-0.15, -0.1) is 0 Å². The molecule has 1 atom stereocenters. The van der Waals surface area contributed by atoms with Gasteiger partial charge in [-0.3, -0.25) is 14.6 Å². The summed E-state index contributed by atoms with van der Waals surface area (Å²) in [6, 6.07) is 5.31. The molecule has 1 saturated carbocycles. The number of amides is 3. The van der Waals surface area contributed by atoms with E-state index in [1.807, 2.05) is 43.9 Å². The van der Waals surface area contributed by atoms with Gasteiger partial charge in [-0.25, -0.2) is 9.59 Å². The highest BCUT2D eigenvalue weighted by molar-refractivity contribution is 5.95. The van der Waals surface area contributed by atoms with Crippen LogP contribution >= 0.6 is 0 Å². The van der Waals surface area contributed by atoms with E-state index in [0.29, 0.717) is 37.4 Å². The number of nitrogens with one attached hydrogen (secondary N) is 1. The summed E-state index contributed by atoms with van der Waals surface area (Å²) in [7, 11) is 0. The van der Waals surface area contributed by atoms with E-state index < -0.39 is 12.0 Å². The zero-order valence-electron chi connectivity index (χ0n) is 22.1. The maximum Gasteiger partial charge on any atom is 0.338 e. The second-order valence-corrected chi connectivity index (χ2v) is 10.2. The van der Waals surface area contributed by atoms with Crippen LogP contribution in [0.5, 0.6) is 0 Å². The number of nitrogens with zero attached hydrogens (tertiary/aromatic N) is 3. The van der Waals surface area contributed by atoms with Crippen molar-refractivity contribution in [3.8, 4) is 0 Å². The number of hydrogen-bond donors (Lipinski definition) is 1. The number of hydrogen-bond acceptors (Lipinski definition) is 5. The first-order chi connectivity index (χ1) is 17.3. The summed E-state index contributed by atoms with van der Waals surface area (Å²) >= 11 is 0. The second-order valence-electron chi connectivity index (χ2n) is 10.2. The number of carbonyl (C=O) groups excluding carboxylic acids is 3. The number of urea groups is 1. The molecule has 196 valence electrons. The molecule has 8 nitrogen and oxygen atoms in total. The standard InChI is InChI=1S/C28H40N4O4/c1-5-32-23(18-30-13-8-14-31(16-15-30)26(33)21-9-7-10-21)24(27(34)36-6-2)25(29-28(32)35)22-17-19(3)11-12-20(22)4/h11-12,17,21,25H,5-10,13-16,18H2,1-4H3,(H,29,35)/t25-/m0/s1. The molecule has 1 aromatic carbocycles. The van der Waals surface area contributed by atoms with Crippen LogP contribution in [-0.4, -0.2) is 78.5 Å². The number of aryl methyl sites for hydroxylation is 2. The normalized spacial score (nSPS) is 21.7. The van der Waals surface area contributed by atoms with Gasteiger partial charge in [0.25, 0.3) is 0 Å². The number of rotatable bonds is 7. The predicted octanol–water partition coefficient (Wildman–Crippen LogP) is 3.54. The van der Waals surface area contributed by atoms with Crippen LogP contribution in [0.25, 0.3) is 0 Å².